The number of nitrogens with one attached hydrogen (secondary N) is 2. The molecule has 0 aromatic heterocycles. The topological polar surface area (TPSA) is 75.3 Å². The molecule has 0 aliphatic rings. The molecule has 2 rings (SSSR count). The number of aryl methyl sites for hydroxylation is 1. The van der Waals surface area contributed by atoms with Crippen LogP contribution in [0.3, 0.4) is 0 Å². The molecule has 0 aliphatic heterocycles. The quantitative estimate of drug-likeness (QED) is 0.910. The molecule has 0 fully saturated rings. The Morgan fingerprint density at radius 2 is 1.57 bits per heavy atom. The number of anilines is 1. The van der Waals surface area contributed by atoms with Crippen molar-refractivity contribution in [2.24, 2.45) is 0 Å². The summed E-state index contributed by atoms with van der Waals surface area (Å²) in [7, 11) is -3.89. The van der Waals surface area contributed by atoms with Crippen molar-refractivity contribution in [2.75, 3.05) is 5.32 Å². The van der Waals surface area contributed by atoms with Gasteiger partial charge in [-0.25, -0.2) is 17.9 Å². The summed E-state index contributed by atoms with van der Waals surface area (Å²) in [5.41, 5.74) is 1.37. The number of halogens is 1. The minimum Gasteiger partial charge on any atom is -0.307 e. The van der Waals surface area contributed by atoms with Gasteiger partial charge in [0.15, 0.2) is 0 Å². The monoisotopic (exact) mass is 324 g/mol. The van der Waals surface area contributed by atoms with E-state index in [4.69, 9.17) is 11.6 Å². The van der Waals surface area contributed by atoms with Crippen molar-refractivity contribution in [3.8, 4) is 0 Å². The molecule has 2 N–H and O–H groups in total. The molecule has 2 aromatic rings. The molecule has 5 nitrogen and oxygen atoms in total. The molecule has 0 bridgehead atoms. The minimum atomic E-state index is -3.89. The molecule has 21 heavy (non-hydrogen) atoms. The Morgan fingerprint density at radius 3 is 2.14 bits per heavy atom. The van der Waals surface area contributed by atoms with Crippen LogP contribution in [0.5, 0.6) is 0 Å². The second kappa shape index (κ2) is 6.15. The number of hydrogen-bond acceptors (Lipinski definition) is 3. The molecule has 0 radical (unpaired) electrons. The normalized spacial score (nSPS) is 11.0. The van der Waals surface area contributed by atoms with E-state index >= 15 is 0 Å². The summed E-state index contributed by atoms with van der Waals surface area (Å²) < 4.78 is 26.0. The predicted octanol–water partition coefficient (Wildman–Crippen LogP) is 3.16. The van der Waals surface area contributed by atoms with Crippen LogP contribution in [-0.2, 0) is 10.0 Å². The van der Waals surface area contributed by atoms with Gasteiger partial charge in [0.05, 0.1) is 4.90 Å². The van der Waals surface area contributed by atoms with Crippen molar-refractivity contribution in [3.63, 3.8) is 0 Å². The zero-order valence-electron chi connectivity index (χ0n) is 11.1. The highest BCUT2D eigenvalue weighted by Crippen LogP contribution is 2.14. The van der Waals surface area contributed by atoms with Gasteiger partial charge in [0.25, 0.3) is 10.0 Å². The summed E-state index contributed by atoms with van der Waals surface area (Å²) in [6, 6.07) is 11.7. The van der Waals surface area contributed by atoms with Gasteiger partial charge in [0.2, 0.25) is 0 Å². The molecular formula is C14H13ClN2O3S. The molecule has 0 saturated heterocycles. The number of benzene rings is 2. The molecule has 0 atom stereocenters. The average molecular weight is 325 g/mol. The van der Waals surface area contributed by atoms with Gasteiger partial charge in [-0.1, -0.05) is 29.3 Å². The molecule has 0 spiro atoms. The van der Waals surface area contributed by atoms with Gasteiger partial charge in [-0.3, -0.25) is 0 Å². The van der Waals surface area contributed by atoms with Gasteiger partial charge in [-0.15, -0.1) is 0 Å². The maximum Gasteiger partial charge on any atom is 0.333 e. The second-order valence-electron chi connectivity index (χ2n) is 4.38. The highest BCUT2D eigenvalue weighted by molar-refractivity contribution is 7.90. The standard InChI is InChI=1S/C14H13ClN2O3S/c1-10-2-8-13(9-3-10)21(19,20)17-14(18)16-12-6-4-11(15)5-7-12/h2-9H,1H3,(H2,16,17,18). The van der Waals surface area contributed by atoms with Crippen molar-refractivity contribution in [3.05, 3.63) is 59.1 Å². The Hall–Kier alpha value is -2.05. The molecule has 7 heteroatoms. The van der Waals surface area contributed by atoms with Crippen LogP contribution in [-0.4, -0.2) is 14.4 Å². The number of sulfonamides is 1. The summed E-state index contributed by atoms with van der Waals surface area (Å²) in [5, 5.41) is 2.94. The highest BCUT2D eigenvalue weighted by Gasteiger charge is 2.17. The molecule has 0 saturated carbocycles. The smallest absolute Gasteiger partial charge is 0.307 e. The van der Waals surface area contributed by atoms with Crippen molar-refractivity contribution in [1.82, 2.24) is 4.72 Å². The molecule has 0 aliphatic carbocycles. The van der Waals surface area contributed by atoms with Crippen molar-refractivity contribution in [2.45, 2.75) is 11.8 Å². The molecular weight excluding hydrogens is 312 g/mol. The van der Waals surface area contributed by atoms with E-state index in [-0.39, 0.29) is 4.90 Å². The average Bonchev–Trinajstić information content (AvgIpc) is 2.41. The Bertz CT molecular complexity index is 741. The fourth-order valence-corrected chi connectivity index (χ4v) is 2.62. The fourth-order valence-electron chi connectivity index (χ4n) is 1.59. The maximum atomic E-state index is 12.0. The number of rotatable bonds is 3. The lowest BCUT2D eigenvalue weighted by Gasteiger charge is -2.09. The van der Waals surface area contributed by atoms with E-state index in [9.17, 15) is 13.2 Å². The first kappa shape index (κ1) is 15.3. The van der Waals surface area contributed by atoms with Crippen LogP contribution in [0, 0.1) is 6.92 Å². The summed E-state index contributed by atoms with van der Waals surface area (Å²) in [5.74, 6) is 0. The van der Waals surface area contributed by atoms with Gasteiger partial charge in [0, 0.05) is 10.7 Å². The van der Waals surface area contributed by atoms with E-state index < -0.39 is 16.1 Å². The minimum absolute atomic E-state index is 0.0272. The third-order valence-electron chi connectivity index (χ3n) is 2.66. The molecule has 0 unspecified atom stereocenters. The number of carbonyl (C=O) groups is 1. The Labute approximate surface area is 128 Å². The lowest BCUT2D eigenvalue weighted by Crippen LogP contribution is -2.34. The molecule has 2 aromatic carbocycles. The molecule has 0 heterocycles. The third kappa shape index (κ3) is 4.21. The van der Waals surface area contributed by atoms with Crippen LogP contribution in [0.15, 0.2) is 53.4 Å². The summed E-state index contributed by atoms with van der Waals surface area (Å²) in [4.78, 5) is 11.7. The van der Waals surface area contributed by atoms with Crippen LogP contribution >= 0.6 is 11.6 Å². The Balaban J connectivity index is 2.07. The molecule has 110 valence electrons. The summed E-state index contributed by atoms with van der Waals surface area (Å²) in [6.45, 7) is 1.84. The van der Waals surface area contributed by atoms with E-state index in [0.29, 0.717) is 10.7 Å². The maximum absolute atomic E-state index is 12.0. The number of carbonyl (C=O) groups excluding carboxylic acids is 1. The van der Waals surface area contributed by atoms with E-state index in [2.05, 4.69) is 5.32 Å². The zero-order chi connectivity index (χ0) is 15.5. The lowest BCUT2D eigenvalue weighted by atomic mass is 10.2. The van der Waals surface area contributed by atoms with Gasteiger partial charge in [0.1, 0.15) is 0 Å². The van der Waals surface area contributed by atoms with E-state index in [1.54, 1.807) is 36.4 Å². The molecule has 2 amide bonds. The van der Waals surface area contributed by atoms with Crippen LogP contribution in [0.1, 0.15) is 5.56 Å². The second-order valence-corrected chi connectivity index (χ2v) is 6.50. The SMILES string of the molecule is Cc1ccc(S(=O)(=O)NC(=O)Nc2ccc(Cl)cc2)cc1. The van der Waals surface area contributed by atoms with Crippen molar-refractivity contribution < 1.29 is 13.2 Å². The lowest BCUT2D eigenvalue weighted by molar-refractivity contribution is 0.256. The van der Waals surface area contributed by atoms with Crippen molar-refractivity contribution in [1.29, 1.82) is 0 Å². The first-order chi connectivity index (χ1) is 9.87. The van der Waals surface area contributed by atoms with Crippen molar-refractivity contribution >= 4 is 33.3 Å². The number of hydrogen-bond donors (Lipinski definition) is 2. The Morgan fingerprint density at radius 1 is 1.00 bits per heavy atom. The van der Waals surface area contributed by atoms with E-state index in [0.717, 1.165) is 5.56 Å². The van der Waals surface area contributed by atoms with Crippen LogP contribution in [0.25, 0.3) is 0 Å². The van der Waals surface area contributed by atoms with E-state index in [1.165, 1.54) is 12.1 Å². The van der Waals surface area contributed by atoms with Crippen LogP contribution in [0.4, 0.5) is 10.5 Å². The van der Waals surface area contributed by atoms with E-state index in [1.807, 2.05) is 11.6 Å². The summed E-state index contributed by atoms with van der Waals surface area (Å²) >= 11 is 5.72. The first-order valence-electron chi connectivity index (χ1n) is 6.03. The van der Waals surface area contributed by atoms with Crippen LogP contribution < -0.4 is 10.0 Å². The van der Waals surface area contributed by atoms with Gasteiger partial charge >= 0.3 is 6.03 Å². The zero-order valence-corrected chi connectivity index (χ0v) is 12.7. The predicted molar refractivity (Wildman–Crippen MR) is 82.0 cm³/mol. The summed E-state index contributed by atoms with van der Waals surface area (Å²) in [6.07, 6.45) is 0. The first-order valence-corrected chi connectivity index (χ1v) is 7.89. The number of amides is 2. The third-order valence-corrected chi connectivity index (χ3v) is 4.26. The fraction of sp³-hybridized carbons (Fsp3) is 0.0714. The number of urea groups is 1. The Kier molecular flexibility index (Phi) is 4.50. The van der Waals surface area contributed by atoms with Gasteiger partial charge in [-0.05, 0) is 43.3 Å². The van der Waals surface area contributed by atoms with Gasteiger partial charge in [-0.2, -0.15) is 0 Å². The largest absolute Gasteiger partial charge is 0.333 e. The van der Waals surface area contributed by atoms with Crippen LogP contribution in [0.2, 0.25) is 5.02 Å². The highest BCUT2D eigenvalue weighted by atomic mass is 35.5. The van der Waals surface area contributed by atoms with Gasteiger partial charge < -0.3 is 5.32 Å².